The summed E-state index contributed by atoms with van der Waals surface area (Å²) in [7, 11) is 0. The first kappa shape index (κ1) is 16.4. The third-order valence-electron chi connectivity index (χ3n) is 4.79. The number of H-pyrrole nitrogens is 1. The minimum absolute atomic E-state index is 0.135. The first-order valence-electron chi connectivity index (χ1n) is 8.30. The monoisotopic (exact) mass is 354 g/mol. The largest absolute Gasteiger partial charge is 0.342 e. The molecule has 0 aliphatic heterocycles. The third-order valence-corrected chi connectivity index (χ3v) is 4.79. The van der Waals surface area contributed by atoms with Gasteiger partial charge in [0.05, 0.1) is 11.1 Å². The van der Waals surface area contributed by atoms with E-state index >= 15 is 0 Å². The average Bonchev–Trinajstić information content (AvgIpc) is 3.37. The van der Waals surface area contributed by atoms with Crippen LogP contribution >= 0.6 is 0 Å². The Labute approximate surface area is 147 Å². The maximum Gasteiger partial charge on any atom is 0.252 e. The van der Waals surface area contributed by atoms with Crippen LogP contribution in [0.25, 0.3) is 10.9 Å². The zero-order chi connectivity index (χ0) is 18.5. The van der Waals surface area contributed by atoms with Crippen LogP contribution in [0.2, 0.25) is 0 Å². The molecule has 0 bridgehead atoms. The number of aryl methyl sites for hydroxylation is 1. The lowest BCUT2D eigenvalue weighted by Gasteiger charge is -2.19. The highest BCUT2D eigenvalue weighted by molar-refractivity contribution is 6.06. The van der Waals surface area contributed by atoms with Crippen molar-refractivity contribution in [1.82, 2.24) is 10.3 Å². The fraction of sp³-hybridized carbons (Fsp3) is 0.200. The molecule has 1 aromatic heterocycles. The summed E-state index contributed by atoms with van der Waals surface area (Å²) in [4.78, 5) is 27.5. The van der Waals surface area contributed by atoms with Crippen LogP contribution in [0.4, 0.5) is 8.78 Å². The molecule has 0 saturated heterocycles. The highest BCUT2D eigenvalue weighted by Crippen LogP contribution is 2.47. The Bertz CT molecular complexity index is 1100. The molecule has 2 N–H and O–H groups in total. The van der Waals surface area contributed by atoms with Gasteiger partial charge in [0.15, 0.2) is 0 Å². The molecule has 26 heavy (non-hydrogen) atoms. The van der Waals surface area contributed by atoms with Gasteiger partial charge in [0.2, 0.25) is 5.56 Å². The third kappa shape index (κ3) is 2.77. The van der Waals surface area contributed by atoms with Crippen LogP contribution in [0, 0.1) is 18.6 Å². The number of carbonyl (C=O) groups excluding carboxylic acids is 1. The highest BCUT2D eigenvalue weighted by Gasteiger charge is 2.47. The average molecular weight is 354 g/mol. The summed E-state index contributed by atoms with van der Waals surface area (Å²) in [6.45, 7) is 1.89. The van der Waals surface area contributed by atoms with Gasteiger partial charge in [-0.15, -0.1) is 0 Å². The normalized spacial score (nSPS) is 15.0. The molecule has 132 valence electrons. The summed E-state index contributed by atoms with van der Waals surface area (Å²) < 4.78 is 27.7. The van der Waals surface area contributed by atoms with Crippen LogP contribution in [0.3, 0.4) is 0 Å². The molecule has 1 aliphatic rings. The van der Waals surface area contributed by atoms with Gasteiger partial charge < -0.3 is 10.3 Å². The van der Waals surface area contributed by atoms with Gasteiger partial charge >= 0.3 is 0 Å². The van der Waals surface area contributed by atoms with Crippen molar-refractivity contribution in [2.45, 2.75) is 25.3 Å². The molecule has 1 amide bonds. The zero-order valence-corrected chi connectivity index (χ0v) is 14.0. The molecule has 3 aromatic rings. The van der Waals surface area contributed by atoms with Gasteiger partial charge in [0, 0.05) is 22.5 Å². The number of hydrogen-bond donors (Lipinski definition) is 2. The van der Waals surface area contributed by atoms with E-state index in [1.54, 1.807) is 6.07 Å². The predicted octanol–water partition coefficient (Wildman–Crippen LogP) is 3.53. The van der Waals surface area contributed by atoms with E-state index in [0.717, 1.165) is 23.8 Å². The van der Waals surface area contributed by atoms with E-state index in [2.05, 4.69) is 10.3 Å². The van der Waals surface area contributed by atoms with Crippen molar-refractivity contribution in [3.63, 3.8) is 0 Å². The first-order valence-corrected chi connectivity index (χ1v) is 8.30. The molecule has 4 nitrogen and oxygen atoms in total. The van der Waals surface area contributed by atoms with Crippen molar-refractivity contribution in [3.05, 3.63) is 81.1 Å². The lowest BCUT2D eigenvalue weighted by Crippen LogP contribution is -2.36. The molecule has 4 rings (SSSR count). The van der Waals surface area contributed by atoms with Crippen LogP contribution in [-0.4, -0.2) is 10.9 Å². The van der Waals surface area contributed by atoms with Gasteiger partial charge in [-0.25, -0.2) is 8.78 Å². The van der Waals surface area contributed by atoms with E-state index in [1.807, 2.05) is 19.1 Å². The summed E-state index contributed by atoms with van der Waals surface area (Å²) in [6.07, 6.45) is 1.03. The van der Waals surface area contributed by atoms with Gasteiger partial charge in [0.1, 0.15) is 11.6 Å². The molecule has 6 heteroatoms. The number of aromatic nitrogens is 1. The van der Waals surface area contributed by atoms with Crippen LogP contribution in [0.15, 0.2) is 47.3 Å². The number of pyridine rings is 1. The van der Waals surface area contributed by atoms with Crippen LogP contribution < -0.4 is 10.9 Å². The number of halogens is 2. The Morgan fingerprint density at radius 1 is 1.12 bits per heavy atom. The maximum absolute atomic E-state index is 14.2. The van der Waals surface area contributed by atoms with Crippen molar-refractivity contribution in [3.8, 4) is 0 Å². The van der Waals surface area contributed by atoms with E-state index in [4.69, 9.17) is 0 Å². The topological polar surface area (TPSA) is 62.0 Å². The Kier molecular flexibility index (Phi) is 3.64. The Hall–Kier alpha value is -3.02. The van der Waals surface area contributed by atoms with Crippen LogP contribution in [0.5, 0.6) is 0 Å². The summed E-state index contributed by atoms with van der Waals surface area (Å²) in [6, 6.07) is 9.83. The van der Waals surface area contributed by atoms with Crippen molar-refractivity contribution >= 4 is 16.8 Å². The fourth-order valence-corrected chi connectivity index (χ4v) is 3.29. The van der Waals surface area contributed by atoms with Crippen molar-refractivity contribution in [2.75, 3.05) is 0 Å². The molecule has 1 saturated carbocycles. The minimum Gasteiger partial charge on any atom is -0.342 e. The number of benzene rings is 2. The summed E-state index contributed by atoms with van der Waals surface area (Å²) in [5.41, 5.74) is 0.521. The Morgan fingerprint density at radius 3 is 2.62 bits per heavy atom. The van der Waals surface area contributed by atoms with Crippen molar-refractivity contribution < 1.29 is 13.6 Å². The minimum atomic E-state index is -0.929. The van der Waals surface area contributed by atoms with Gasteiger partial charge in [-0.3, -0.25) is 9.59 Å². The summed E-state index contributed by atoms with van der Waals surface area (Å²) in [5.74, 6) is -1.59. The van der Waals surface area contributed by atoms with Gasteiger partial charge in [-0.05, 0) is 50.1 Å². The quantitative estimate of drug-likeness (QED) is 0.756. The summed E-state index contributed by atoms with van der Waals surface area (Å²) >= 11 is 0. The number of fused-ring (bicyclic) bond motifs is 1. The molecule has 1 fully saturated rings. The summed E-state index contributed by atoms with van der Waals surface area (Å²) in [5, 5.41) is 3.42. The lowest BCUT2D eigenvalue weighted by atomic mass is 10.0. The molecule has 0 spiro atoms. The maximum atomic E-state index is 14.2. The van der Waals surface area contributed by atoms with E-state index in [0.29, 0.717) is 23.7 Å². The van der Waals surface area contributed by atoms with E-state index < -0.39 is 28.6 Å². The highest BCUT2D eigenvalue weighted by atomic mass is 19.1. The molecular formula is C20H16F2N2O2. The van der Waals surface area contributed by atoms with Crippen LogP contribution in [0.1, 0.15) is 34.3 Å². The second kappa shape index (κ2) is 5.76. The second-order valence-corrected chi connectivity index (χ2v) is 6.76. The first-order chi connectivity index (χ1) is 12.4. The Morgan fingerprint density at radius 2 is 1.88 bits per heavy atom. The van der Waals surface area contributed by atoms with Crippen molar-refractivity contribution in [2.24, 2.45) is 0 Å². The predicted molar refractivity (Wildman–Crippen MR) is 94.0 cm³/mol. The number of hydrogen-bond acceptors (Lipinski definition) is 2. The second-order valence-electron chi connectivity index (χ2n) is 6.76. The molecule has 0 radical (unpaired) electrons. The molecular weight excluding hydrogens is 338 g/mol. The van der Waals surface area contributed by atoms with Gasteiger partial charge in [-0.2, -0.15) is 0 Å². The number of amides is 1. The number of carbonyl (C=O) groups is 1. The fourth-order valence-electron chi connectivity index (χ4n) is 3.29. The standard InChI is InChI=1S/C20H16F2N2O2/c1-11-2-5-17-13(8-11)14(10-18(25)23-17)19(26)24-20(6-7-20)15-9-12(21)3-4-16(15)22/h2-5,8-10H,6-7H2,1H3,(H,23,25)(H,24,26). The lowest BCUT2D eigenvalue weighted by molar-refractivity contribution is 0.0931. The Balaban J connectivity index is 1.75. The molecule has 1 aliphatic carbocycles. The van der Waals surface area contributed by atoms with E-state index in [-0.39, 0.29) is 11.1 Å². The van der Waals surface area contributed by atoms with Gasteiger partial charge in [0.25, 0.3) is 5.91 Å². The SMILES string of the molecule is Cc1ccc2[nH]c(=O)cc(C(=O)NC3(c4cc(F)ccc4F)CC3)c2c1. The molecule has 0 unspecified atom stereocenters. The van der Waals surface area contributed by atoms with E-state index in [9.17, 15) is 18.4 Å². The number of aromatic amines is 1. The van der Waals surface area contributed by atoms with Gasteiger partial charge in [-0.1, -0.05) is 11.6 Å². The van der Waals surface area contributed by atoms with Crippen molar-refractivity contribution in [1.29, 1.82) is 0 Å². The molecule has 0 atom stereocenters. The number of rotatable bonds is 3. The zero-order valence-electron chi connectivity index (χ0n) is 14.0. The number of nitrogens with one attached hydrogen (secondary N) is 2. The van der Waals surface area contributed by atoms with Crippen LogP contribution in [-0.2, 0) is 5.54 Å². The van der Waals surface area contributed by atoms with E-state index in [1.165, 1.54) is 6.07 Å². The molecule has 2 aromatic carbocycles. The smallest absolute Gasteiger partial charge is 0.252 e. The molecule has 1 heterocycles.